The van der Waals surface area contributed by atoms with Crippen molar-refractivity contribution in [1.29, 1.82) is 0 Å². The second-order valence-electron chi connectivity index (χ2n) is 5.13. The summed E-state index contributed by atoms with van der Waals surface area (Å²) in [4.78, 5) is 45.4. The molecular formula is C15H19N3O7. The lowest BCUT2D eigenvalue weighted by molar-refractivity contribution is -0.384. The van der Waals surface area contributed by atoms with E-state index < -0.39 is 29.4 Å². The number of nitrogens with one attached hydrogen (secondary N) is 1. The van der Waals surface area contributed by atoms with Crippen molar-refractivity contribution < 1.29 is 29.2 Å². The van der Waals surface area contributed by atoms with Crippen molar-refractivity contribution in [2.75, 3.05) is 19.7 Å². The molecule has 0 heterocycles. The molecule has 0 saturated heterocycles. The Morgan fingerprint density at radius 2 is 2.08 bits per heavy atom. The molecular weight excluding hydrogens is 334 g/mol. The number of amides is 2. The lowest BCUT2D eigenvalue weighted by Crippen LogP contribution is -2.48. The number of carboxylic acids is 1. The lowest BCUT2D eigenvalue weighted by atomic mass is 10.2. The van der Waals surface area contributed by atoms with Crippen molar-refractivity contribution in [2.45, 2.75) is 19.9 Å². The molecule has 0 aliphatic rings. The average molecular weight is 353 g/mol. The van der Waals surface area contributed by atoms with Crippen LogP contribution >= 0.6 is 0 Å². The fourth-order valence-electron chi connectivity index (χ4n) is 1.93. The Hall–Kier alpha value is -3.17. The highest BCUT2D eigenvalue weighted by Gasteiger charge is 2.25. The predicted molar refractivity (Wildman–Crippen MR) is 86.1 cm³/mol. The number of ether oxygens (including phenoxy) is 1. The van der Waals surface area contributed by atoms with Crippen LogP contribution in [0, 0.1) is 10.1 Å². The molecule has 0 aliphatic carbocycles. The predicted octanol–water partition coefficient (Wildman–Crippen LogP) is 0.411. The van der Waals surface area contributed by atoms with Gasteiger partial charge in [0.1, 0.15) is 11.8 Å². The van der Waals surface area contributed by atoms with E-state index in [0.717, 1.165) is 11.0 Å². The molecule has 0 radical (unpaired) electrons. The molecule has 136 valence electrons. The highest BCUT2D eigenvalue weighted by atomic mass is 16.6. The van der Waals surface area contributed by atoms with Crippen LogP contribution in [0.25, 0.3) is 0 Å². The van der Waals surface area contributed by atoms with Gasteiger partial charge in [-0.2, -0.15) is 0 Å². The number of non-ortho nitro benzene ring substituents is 1. The lowest BCUT2D eigenvalue weighted by Gasteiger charge is -2.26. The molecule has 0 bridgehead atoms. The molecule has 0 spiro atoms. The number of nitrogens with zero attached hydrogens (tertiary/aromatic N) is 2. The van der Waals surface area contributed by atoms with Gasteiger partial charge in [0.15, 0.2) is 6.61 Å². The van der Waals surface area contributed by atoms with Gasteiger partial charge >= 0.3 is 5.97 Å². The van der Waals surface area contributed by atoms with E-state index in [4.69, 9.17) is 9.84 Å². The summed E-state index contributed by atoms with van der Waals surface area (Å²) in [6, 6.07) is 4.18. The Kier molecular flexibility index (Phi) is 7.32. The molecule has 0 fully saturated rings. The van der Waals surface area contributed by atoms with Gasteiger partial charge in [-0.25, -0.2) is 4.79 Å². The van der Waals surface area contributed by atoms with Crippen LogP contribution in [0.3, 0.4) is 0 Å². The normalized spacial score (nSPS) is 11.3. The van der Waals surface area contributed by atoms with E-state index in [2.05, 4.69) is 5.32 Å². The summed E-state index contributed by atoms with van der Waals surface area (Å²) >= 11 is 0. The Morgan fingerprint density at radius 3 is 2.64 bits per heavy atom. The molecule has 1 unspecified atom stereocenters. The summed E-state index contributed by atoms with van der Waals surface area (Å²) < 4.78 is 5.22. The number of carbonyl (C=O) groups is 3. The van der Waals surface area contributed by atoms with E-state index in [9.17, 15) is 24.5 Å². The maximum atomic E-state index is 12.2. The summed E-state index contributed by atoms with van der Waals surface area (Å²) in [5.74, 6) is -2.01. The number of aliphatic carboxylic acids is 1. The molecule has 0 saturated carbocycles. The second kappa shape index (κ2) is 9.21. The van der Waals surface area contributed by atoms with Gasteiger partial charge < -0.3 is 20.1 Å². The van der Waals surface area contributed by atoms with Crippen LogP contribution in [0.5, 0.6) is 5.75 Å². The van der Waals surface area contributed by atoms with Crippen LogP contribution in [0.1, 0.15) is 13.8 Å². The number of carbonyl (C=O) groups excluding carboxylic acids is 2. The minimum absolute atomic E-state index is 0.00974. The van der Waals surface area contributed by atoms with Gasteiger partial charge in [0.2, 0.25) is 5.91 Å². The maximum absolute atomic E-state index is 12.2. The summed E-state index contributed by atoms with van der Waals surface area (Å²) in [6.07, 6.45) is 0. The van der Waals surface area contributed by atoms with Gasteiger partial charge in [0.25, 0.3) is 11.6 Å². The van der Waals surface area contributed by atoms with Crippen molar-refractivity contribution in [3.63, 3.8) is 0 Å². The number of hydrogen-bond acceptors (Lipinski definition) is 6. The maximum Gasteiger partial charge on any atom is 0.326 e. The molecule has 25 heavy (non-hydrogen) atoms. The molecule has 10 heteroatoms. The first-order valence-corrected chi connectivity index (χ1v) is 7.36. The van der Waals surface area contributed by atoms with E-state index in [1.54, 1.807) is 0 Å². The Morgan fingerprint density at radius 1 is 1.40 bits per heavy atom. The smallest absolute Gasteiger partial charge is 0.326 e. The van der Waals surface area contributed by atoms with Gasteiger partial charge in [-0.3, -0.25) is 19.7 Å². The third-order valence-corrected chi connectivity index (χ3v) is 3.26. The molecule has 1 rings (SSSR count). The molecule has 0 aliphatic heterocycles. The fourth-order valence-corrected chi connectivity index (χ4v) is 1.93. The number of nitro groups is 1. The topological polar surface area (TPSA) is 139 Å². The first-order valence-electron chi connectivity index (χ1n) is 7.36. The zero-order valence-corrected chi connectivity index (χ0v) is 13.8. The number of rotatable bonds is 9. The van der Waals surface area contributed by atoms with Gasteiger partial charge in [0.05, 0.1) is 11.0 Å². The Bertz CT molecular complexity index is 662. The number of hydrogen-bond donors (Lipinski definition) is 2. The molecule has 1 atom stereocenters. The first kappa shape index (κ1) is 19.9. The molecule has 1 aromatic rings. The van der Waals surface area contributed by atoms with Crippen LogP contribution in [0.2, 0.25) is 0 Å². The summed E-state index contributed by atoms with van der Waals surface area (Å²) in [5.41, 5.74) is -0.189. The van der Waals surface area contributed by atoms with E-state index in [0.29, 0.717) is 0 Å². The Balaban J connectivity index is 2.73. The number of nitro benzene ring substituents is 1. The third kappa shape index (κ3) is 6.45. The van der Waals surface area contributed by atoms with Crippen LogP contribution in [0.15, 0.2) is 24.3 Å². The van der Waals surface area contributed by atoms with E-state index >= 15 is 0 Å². The SMILES string of the molecule is CC(=O)NCCN(C(=O)COc1cccc([N+](=O)[O-])c1)C(C)C(=O)O. The summed E-state index contributed by atoms with van der Waals surface area (Å²) in [7, 11) is 0. The second-order valence-corrected chi connectivity index (χ2v) is 5.13. The van der Waals surface area contributed by atoms with Gasteiger partial charge in [0, 0.05) is 26.1 Å². The third-order valence-electron chi connectivity index (χ3n) is 3.26. The molecule has 0 aromatic heterocycles. The van der Waals surface area contributed by atoms with Crippen molar-refractivity contribution >= 4 is 23.5 Å². The number of benzene rings is 1. The van der Waals surface area contributed by atoms with Crippen molar-refractivity contribution in [2.24, 2.45) is 0 Å². The van der Waals surface area contributed by atoms with Crippen molar-refractivity contribution in [3.8, 4) is 5.75 Å². The Labute approximate surface area is 143 Å². The standard InChI is InChI=1S/C15H19N3O7/c1-10(15(21)22)17(7-6-16-11(2)19)14(20)9-25-13-5-3-4-12(8-13)18(23)24/h3-5,8,10H,6-7,9H2,1-2H3,(H,16,19)(H,21,22). The van der Waals surface area contributed by atoms with Crippen molar-refractivity contribution in [3.05, 3.63) is 34.4 Å². The number of carboxylic acid groups (broad SMARTS) is 1. The van der Waals surface area contributed by atoms with Crippen molar-refractivity contribution in [1.82, 2.24) is 10.2 Å². The first-order chi connectivity index (χ1) is 11.7. The fraction of sp³-hybridized carbons (Fsp3) is 0.400. The summed E-state index contributed by atoms with van der Waals surface area (Å²) in [5, 5.41) is 22.3. The minimum Gasteiger partial charge on any atom is -0.484 e. The summed E-state index contributed by atoms with van der Waals surface area (Å²) in [6.45, 7) is 2.23. The zero-order chi connectivity index (χ0) is 19.0. The average Bonchev–Trinajstić information content (AvgIpc) is 2.56. The zero-order valence-electron chi connectivity index (χ0n) is 13.8. The van der Waals surface area contributed by atoms with Crippen LogP contribution in [-0.2, 0) is 14.4 Å². The minimum atomic E-state index is -1.20. The van der Waals surface area contributed by atoms with Crippen LogP contribution in [0.4, 0.5) is 5.69 Å². The van der Waals surface area contributed by atoms with Gasteiger partial charge in [-0.15, -0.1) is 0 Å². The van der Waals surface area contributed by atoms with E-state index in [1.165, 1.54) is 32.0 Å². The highest BCUT2D eigenvalue weighted by Crippen LogP contribution is 2.19. The van der Waals surface area contributed by atoms with E-state index in [-0.39, 0.29) is 30.4 Å². The molecule has 2 N–H and O–H groups in total. The molecule has 2 amide bonds. The van der Waals surface area contributed by atoms with Gasteiger partial charge in [-0.05, 0) is 13.0 Å². The molecule has 10 nitrogen and oxygen atoms in total. The quantitative estimate of drug-likeness (QED) is 0.484. The van der Waals surface area contributed by atoms with Crippen LogP contribution in [-0.4, -0.2) is 58.5 Å². The monoisotopic (exact) mass is 353 g/mol. The van der Waals surface area contributed by atoms with Crippen LogP contribution < -0.4 is 10.1 Å². The largest absolute Gasteiger partial charge is 0.484 e. The molecule has 1 aromatic carbocycles. The van der Waals surface area contributed by atoms with Gasteiger partial charge in [-0.1, -0.05) is 6.07 Å². The highest BCUT2D eigenvalue weighted by molar-refractivity contribution is 5.84. The van der Waals surface area contributed by atoms with E-state index in [1.807, 2.05) is 0 Å².